The van der Waals surface area contributed by atoms with E-state index >= 15 is 0 Å². The van der Waals surface area contributed by atoms with Crippen molar-refractivity contribution in [3.05, 3.63) is 6.42 Å². The lowest BCUT2D eigenvalue weighted by molar-refractivity contribution is -0.150. The van der Waals surface area contributed by atoms with Gasteiger partial charge in [-0.25, -0.2) is 0 Å². The summed E-state index contributed by atoms with van der Waals surface area (Å²) in [4.78, 5) is 10.4. The van der Waals surface area contributed by atoms with Crippen LogP contribution in [0, 0.1) is 6.42 Å². The van der Waals surface area contributed by atoms with E-state index in [2.05, 4.69) is 0 Å². The van der Waals surface area contributed by atoms with Crippen LogP contribution in [-0.4, -0.2) is 11.6 Å². The minimum atomic E-state index is -0.411. The summed E-state index contributed by atoms with van der Waals surface area (Å²) in [5.74, 6) is -0.238. The van der Waals surface area contributed by atoms with Gasteiger partial charge in [0.05, 0.1) is 0 Å². The van der Waals surface area contributed by atoms with E-state index in [0.29, 0.717) is 0 Å². The lowest BCUT2D eigenvalue weighted by Crippen LogP contribution is -2.26. The number of carbonyl (C=O) groups excluding carboxylic acids is 1. The molecule has 0 rings (SSSR count). The Bertz CT molecular complexity index is 105. The Kier molecular flexibility index (Phi) is 2.68. The smallest absolute Gasteiger partial charge is 0.303 e. The highest BCUT2D eigenvalue weighted by atomic mass is 16.6. The average Bonchev–Trinajstić information content (AvgIpc) is 1.63. The molecule has 0 spiro atoms. The highest BCUT2D eigenvalue weighted by Crippen LogP contribution is 2.11. The molecular weight excluding hydrogens is 116 g/mol. The first-order valence-corrected chi connectivity index (χ1v) is 2.98. The van der Waals surface area contributed by atoms with Crippen LogP contribution >= 0.6 is 0 Å². The van der Waals surface area contributed by atoms with Gasteiger partial charge in [0.2, 0.25) is 0 Å². The van der Waals surface area contributed by atoms with Gasteiger partial charge in [-0.3, -0.25) is 4.79 Å². The van der Waals surface area contributed by atoms with E-state index in [9.17, 15) is 4.79 Å². The van der Waals surface area contributed by atoms with Crippen LogP contribution in [0.2, 0.25) is 0 Å². The first-order chi connectivity index (χ1) is 3.98. The second-order valence-electron chi connectivity index (χ2n) is 2.49. The topological polar surface area (TPSA) is 26.3 Å². The number of hydrogen-bond acceptors (Lipinski definition) is 2. The van der Waals surface area contributed by atoms with E-state index in [1.54, 1.807) is 0 Å². The number of hydrogen-bond donors (Lipinski definition) is 0. The van der Waals surface area contributed by atoms with Gasteiger partial charge in [-0.2, -0.15) is 0 Å². The molecule has 0 aromatic rings. The first kappa shape index (κ1) is 8.47. The van der Waals surface area contributed by atoms with Gasteiger partial charge in [0.15, 0.2) is 0 Å². The molecule has 0 atom stereocenters. The van der Waals surface area contributed by atoms with Crippen molar-refractivity contribution in [1.82, 2.24) is 0 Å². The van der Waals surface area contributed by atoms with Crippen molar-refractivity contribution in [2.45, 2.75) is 33.3 Å². The molecule has 0 aromatic carbocycles. The Labute approximate surface area is 56.2 Å². The summed E-state index contributed by atoms with van der Waals surface area (Å²) in [6.45, 7) is 6.96. The molecule has 2 nitrogen and oxygen atoms in total. The van der Waals surface area contributed by atoms with Crippen LogP contribution in [0.3, 0.4) is 0 Å². The molecule has 53 valence electrons. The van der Waals surface area contributed by atoms with Gasteiger partial charge in [0.1, 0.15) is 5.60 Å². The molecule has 0 saturated carbocycles. The standard InChI is InChI=1S/C7H13O2/c1-5-7(3,4)9-6(2)8/h5H,1-4H3. The monoisotopic (exact) mass is 129 g/mol. The highest BCUT2D eigenvalue weighted by molar-refractivity contribution is 5.66. The van der Waals surface area contributed by atoms with Crippen LogP contribution in [0.15, 0.2) is 0 Å². The fraction of sp³-hybridized carbons (Fsp3) is 0.714. The number of carbonyl (C=O) groups is 1. The molecule has 0 unspecified atom stereocenters. The summed E-state index contributed by atoms with van der Waals surface area (Å²) < 4.78 is 4.89. The molecule has 0 aliphatic heterocycles. The van der Waals surface area contributed by atoms with Crippen LogP contribution in [0.1, 0.15) is 27.7 Å². The molecule has 0 aliphatic rings. The molecule has 0 saturated heterocycles. The normalized spacial score (nSPS) is 11.1. The summed E-state index contributed by atoms with van der Waals surface area (Å²) in [5, 5.41) is 0. The Morgan fingerprint density at radius 3 is 2.11 bits per heavy atom. The Hall–Kier alpha value is -0.530. The summed E-state index contributed by atoms with van der Waals surface area (Å²) in [6, 6.07) is 0. The molecule has 0 heterocycles. The maximum Gasteiger partial charge on any atom is 0.303 e. The van der Waals surface area contributed by atoms with Gasteiger partial charge in [0, 0.05) is 13.3 Å². The maximum absolute atomic E-state index is 10.4. The van der Waals surface area contributed by atoms with Crippen molar-refractivity contribution in [1.29, 1.82) is 0 Å². The molecule has 0 aliphatic carbocycles. The zero-order valence-electron chi connectivity index (χ0n) is 6.39. The van der Waals surface area contributed by atoms with Gasteiger partial charge in [-0.15, -0.1) is 0 Å². The summed E-state index contributed by atoms with van der Waals surface area (Å²) in [6.07, 6.45) is 1.84. The SMILES string of the molecule is C[CH]C(C)(C)OC(C)=O. The average molecular weight is 129 g/mol. The fourth-order valence-electron chi connectivity index (χ4n) is 0.429. The minimum absolute atomic E-state index is 0.238. The van der Waals surface area contributed by atoms with Crippen molar-refractivity contribution >= 4 is 5.97 Å². The molecule has 0 amide bonds. The van der Waals surface area contributed by atoms with Crippen molar-refractivity contribution < 1.29 is 9.53 Å². The van der Waals surface area contributed by atoms with Crippen LogP contribution in [0.5, 0.6) is 0 Å². The van der Waals surface area contributed by atoms with Crippen molar-refractivity contribution in [2.75, 3.05) is 0 Å². The molecule has 2 heteroatoms. The summed E-state index contributed by atoms with van der Waals surface area (Å²) >= 11 is 0. The third kappa shape index (κ3) is 4.01. The minimum Gasteiger partial charge on any atom is -0.460 e. The summed E-state index contributed by atoms with van der Waals surface area (Å²) in [5.41, 5.74) is -0.411. The lowest BCUT2D eigenvalue weighted by atomic mass is 10.1. The van der Waals surface area contributed by atoms with Crippen LogP contribution in [0.25, 0.3) is 0 Å². The maximum atomic E-state index is 10.4. The van der Waals surface area contributed by atoms with Gasteiger partial charge < -0.3 is 4.74 Å². The van der Waals surface area contributed by atoms with Gasteiger partial charge in [-0.1, -0.05) is 6.92 Å². The lowest BCUT2D eigenvalue weighted by Gasteiger charge is -2.21. The van der Waals surface area contributed by atoms with E-state index in [-0.39, 0.29) is 5.97 Å². The number of esters is 1. The summed E-state index contributed by atoms with van der Waals surface area (Å²) in [7, 11) is 0. The predicted octanol–water partition coefficient (Wildman–Crippen LogP) is 1.55. The van der Waals surface area contributed by atoms with Gasteiger partial charge >= 0.3 is 5.97 Å². The predicted molar refractivity (Wildman–Crippen MR) is 35.8 cm³/mol. The van der Waals surface area contributed by atoms with E-state index in [1.165, 1.54) is 6.92 Å². The molecule has 0 aromatic heterocycles. The molecule has 0 fully saturated rings. The Morgan fingerprint density at radius 2 is 2.00 bits per heavy atom. The second kappa shape index (κ2) is 2.85. The van der Waals surface area contributed by atoms with Crippen LogP contribution in [0.4, 0.5) is 0 Å². The second-order valence-corrected chi connectivity index (χ2v) is 2.49. The highest BCUT2D eigenvalue weighted by Gasteiger charge is 2.17. The number of rotatable bonds is 2. The fourth-order valence-corrected chi connectivity index (χ4v) is 0.429. The van der Waals surface area contributed by atoms with Crippen molar-refractivity contribution in [3.8, 4) is 0 Å². The quantitative estimate of drug-likeness (QED) is 0.529. The third-order valence-corrected chi connectivity index (χ3v) is 1.10. The van der Waals surface area contributed by atoms with E-state index < -0.39 is 5.60 Å². The molecule has 0 bridgehead atoms. The van der Waals surface area contributed by atoms with Crippen molar-refractivity contribution in [2.24, 2.45) is 0 Å². The first-order valence-electron chi connectivity index (χ1n) is 2.98. The van der Waals surface area contributed by atoms with E-state index in [0.717, 1.165) is 0 Å². The molecule has 0 N–H and O–H groups in total. The molecule has 9 heavy (non-hydrogen) atoms. The van der Waals surface area contributed by atoms with Gasteiger partial charge in [-0.05, 0) is 13.8 Å². The zero-order chi connectivity index (χ0) is 7.49. The van der Waals surface area contributed by atoms with Crippen LogP contribution in [-0.2, 0) is 9.53 Å². The van der Waals surface area contributed by atoms with E-state index in [1.807, 2.05) is 27.2 Å². The third-order valence-electron chi connectivity index (χ3n) is 1.10. The Morgan fingerprint density at radius 1 is 1.56 bits per heavy atom. The van der Waals surface area contributed by atoms with Gasteiger partial charge in [0.25, 0.3) is 0 Å². The van der Waals surface area contributed by atoms with Crippen molar-refractivity contribution in [3.63, 3.8) is 0 Å². The van der Waals surface area contributed by atoms with E-state index in [4.69, 9.17) is 4.74 Å². The Balaban J connectivity index is 3.71. The molecule has 1 radical (unpaired) electrons. The number of ether oxygens (including phenoxy) is 1. The molecular formula is C7H13O2. The van der Waals surface area contributed by atoms with Crippen LogP contribution < -0.4 is 0 Å². The zero-order valence-corrected chi connectivity index (χ0v) is 6.39. The largest absolute Gasteiger partial charge is 0.460 e.